The van der Waals surface area contributed by atoms with Gasteiger partial charge in [0.25, 0.3) is 0 Å². The lowest BCUT2D eigenvalue weighted by Gasteiger charge is -2.10. The zero-order chi connectivity index (χ0) is 20.3. The van der Waals surface area contributed by atoms with Gasteiger partial charge in [-0.25, -0.2) is 13.8 Å². The second-order valence-electron chi connectivity index (χ2n) is 5.74. The van der Waals surface area contributed by atoms with Gasteiger partial charge < -0.3 is 10.6 Å². The van der Waals surface area contributed by atoms with Crippen molar-refractivity contribution in [2.24, 2.45) is 0 Å². The smallest absolute Gasteiger partial charge is 0.247 e. The third kappa shape index (κ3) is 3.67. The van der Waals surface area contributed by atoms with Crippen LogP contribution in [0.2, 0.25) is 0 Å². The van der Waals surface area contributed by atoms with E-state index in [-0.39, 0.29) is 28.9 Å². The van der Waals surface area contributed by atoms with E-state index in [4.69, 9.17) is 5.26 Å². The van der Waals surface area contributed by atoms with Crippen molar-refractivity contribution >= 4 is 23.1 Å². The van der Waals surface area contributed by atoms with E-state index in [0.29, 0.717) is 17.5 Å². The number of fused-ring (bicyclic) bond motifs is 1. The highest BCUT2D eigenvalue weighted by Gasteiger charge is 2.24. The summed E-state index contributed by atoms with van der Waals surface area (Å²) >= 11 is 0. The topological polar surface area (TPSA) is 115 Å². The average molecular weight is 382 g/mol. The summed E-state index contributed by atoms with van der Waals surface area (Å²) in [7, 11) is 0. The van der Waals surface area contributed by atoms with Gasteiger partial charge in [0.05, 0.1) is 17.4 Å². The maximum Gasteiger partial charge on any atom is 0.247 e. The number of hydrogen-bond donors (Lipinski definition) is 2. The molecule has 0 radical (unpaired) electrons. The Hall–Kier alpha value is -3.79. The molecule has 8 nitrogen and oxygen atoms in total. The monoisotopic (exact) mass is 382 g/mol. The van der Waals surface area contributed by atoms with Crippen LogP contribution in [0.5, 0.6) is 0 Å². The van der Waals surface area contributed by atoms with Crippen LogP contribution in [-0.4, -0.2) is 25.6 Å². The fourth-order valence-corrected chi connectivity index (χ4v) is 2.38. The van der Waals surface area contributed by atoms with Crippen LogP contribution in [-0.2, 0) is 0 Å². The lowest BCUT2D eigenvalue weighted by Crippen LogP contribution is -2.11. The number of rotatable bonds is 4. The molecule has 0 spiro atoms. The van der Waals surface area contributed by atoms with Crippen LogP contribution in [0.25, 0.3) is 5.65 Å². The first-order valence-electron chi connectivity index (χ1n) is 8.67. The van der Waals surface area contributed by atoms with Crippen molar-refractivity contribution in [1.29, 1.82) is 10.5 Å². The summed E-state index contributed by atoms with van der Waals surface area (Å²) < 4.78 is 28.8. The summed E-state index contributed by atoms with van der Waals surface area (Å²) in [5, 5.41) is 28.0. The standard InChI is InChI=1S/C16H10F2N8.C2H6/c17-11-4-12(18)13(3-8(11)5-19)23-16-24-14(22-9-1-2-9)15-21-7-10(6-20)26(15)25-16;1-2/h3-4,7,9H,1-2H2,(H2,22,23,24,25);1-2H3. The highest BCUT2D eigenvalue weighted by molar-refractivity contribution is 5.67. The van der Waals surface area contributed by atoms with Crippen LogP contribution >= 0.6 is 0 Å². The number of hydrogen-bond acceptors (Lipinski definition) is 7. The van der Waals surface area contributed by atoms with Crippen molar-refractivity contribution in [2.45, 2.75) is 32.7 Å². The number of benzene rings is 1. The largest absolute Gasteiger partial charge is 0.364 e. The van der Waals surface area contributed by atoms with E-state index in [9.17, 15) is 14.0 Å². The Morgan fingerprint density at radius 1 is 1.14 bits per heavy atom. The van der Waals surface area contributed by atoms with Gasteiger partial charge in [-0.2, -0.15) is 20.0 Å². The summed E-state index contributed by atoms with van der Waals surface area (Å²) in [6.07, 6.45) is 3.34. The van der Waals surface area contributed by atoms with Gasteiger partial charge >= 0.3 is 0 Å². The van der Waals surface area contributed by atoms with Crippen molar-refractivity contribution in [2.75, 3.05) is 10.6 Å². The molecule has 1 aromatic carbocycles. The normalized spacial score (nSPS) is 12.5. The van der Waals surface area contributed by atoms with Crippen molar-refractivity contribution < 1.29 is 8.78 Å². The van der Waals surface area contributed by atoms with E-state index in [1.54, 1.807) is 6.07 Å². The first-order chi connectivity index (χ1) is 13.6. The average Bonchev–Trinajstić information content (AvgIpc) is 3.42. The summed E-state index contributed by atoms with van der Waals surface area (Å²) in [5.74, 6) is -1.48. The second kappa shape index (κ2) is 7.84. The lowest BCUT2D eigenvalue weighted by atomic mass is 10.2. The van der Waals surface area contributed by atoms with Crippen LogP contribution in [0, 0.1) is 34.3 Å². The maximum atomic E-state index is 14.0. The molecule has 0 atom stereocenters. The predicted molar refractivity (Wildman–Crippen MR) is 97.8 cm³/mol. The van der Waals surface area contributed by atoms with Crippen LogP contribution in [0.3, 0.4) is 0 Å². The van der Waals surface area contributed by atoms with Gasteiger partial charge in [0.15, 0.2) is 17.2 Å². The zero-order valence-corrected chi connectivity index (χ0v) is 15.2. The second-order valence-corrected chi connectivity index (χ2v) is 5.74. The number of aromatic nitrogens is 4. The molecule has 0 saturated heterocycles. The fraction of sp³-hybridized carbons (Fsp3) is 0.278. The third-order valence-corrected chi connectivity index (χ3v) is 3.82. The molecule has 2 heterocycles. The van der Waals surface area contributed by atoms with Gasteiger partial charge in [-0.1, -0.05) is 13.8 Å². The molecular formula is C18H16F2N8. The molecule has 0 amide bonds. The minimum Gasteiger partial charge on any atom is -0.364 e. The Balaban J connectivity index is 0.00000109. The van der Waals surface area contributed by atoms with E-state index in [1.807, 2.05) is 19.9 Å². The number of anilines is 3. The fourth-order valence-electron chi connectivity index (χ4n) is 2.38. The summed E-state index contributed by atoms with van der Waals surface area (Å²) in [5.41, 5.74) is 0.0860. The van der Waals surface area contributed by atoms with E-state index in [0.717, 1.165) is 18.9 Å². The SMILES string of the molecule is CC.N#Cc1cc(Nc2nc(NC3CC3)c3ncc(C#N)n3n2)c(F)cc1F. The number of nitriles is 2. The molecule has 2 N–H and O–H groups in total. The van der Waals surface area contributed by atoms with Crippen molar-refractivity contribution in [3.8, 4) is 12.1 Å². The first-order valence-corrected chi connectivity index (χ1v) is 8.67. The van der Waals surface area contributed by atoms with Crippen molar-refractivity contribution in [1.82, 2.24) is 19.6 Å². The van der Waals surface area contributed by atoms with E-state index >= 15 is 0 Å². The number of halogens is 2. The first kappa shape index (κ1) is 19.0. The maximum absolute atomic E-state index is 14.0. The molecule has 0 aliphatic heterocycles. The Labute approximate surface area is 159 Å². The molecule has 3 aromatic rings. The molecule has 10 heteroatoms. The predicted octanol–water partition coefficient (Wildman–Crippen LogP) is 3.49. The molecule has 1 aliphatic carbocycles. The Morgan fingerprint density at radius 3 is 2.54 bits per heavy atom. The van der Waals surface area contributed by atoms with E-state index in [1.165, 1.54) is 10.7 Å². The summed E-state index contributed by atoms with van der Waals surface area (Å²) in [6.45, 7) is 4.00. The van der Waals surface area contributed by atoms with Gasteiger partial charge in [-0.3, -0.25) is 0 Å². The van der Waals surface area contributed by atoms with Gasteiger partial charge in [0, 0.05) is 12.1 Å². The van der Waals surface area contributed by atoms with Gasteiger partial charge in [0.2, 0.25) is 5.95 Å². The number of imidazole rings is 1. The Kier molecular flexibility index (Phi) is 5.32. The molecule has 1 saturated carbocycles. The number of nitrogens with zero attached hydrogens (tertiary/aromatic N) is 6. The quantitative estimate of drug-likeness (QED) is 0.710. The van der Waals surface area contributed by atoms with E-state index in [2.05, 4.69) is 25.7 Å². The molecule has 142 valence electrons. The molecule has 4 rings (SSSR count). The third-order valence-electron chi connectivity index (χ3n) is 3.82. The Bertz CT molecular complexity index is 1110. The molecule has 2 aromatic heterocycles. The van der Waals surface area contributed by atoms with Gasteiger partial charge in [-0.05, 0) is 18.9 Å². The summed E-state index contributed by atoms with van der Waals surface area (Å²) in [6, 6.07) is 5.51. The minimum absolute atomic E-state index is 0.0236. The molecule has 28 heavy (non-hydrogen) atoms. The van der Waals surface area contributed by atoms with Crippen molar-refractivity contribution in [3.63, 3.8) is 0 Å². The van der Waals surface area contributed by atoms with Crippen LogP contribution in [0.1, 0.15) is 37.9 Å². The molecular weight excluding hydrogens is 366 g/mol. The van der Waals surface area contributed by atoms with Crippen LogP contribution in [0.15, 0.2) is 18.3 Å². The lowest BCUT2D eigenvalue weighted by molar-refractivity contribution is 0.583. The summed E-state index contributed by atoms with van der Waals surface area (Å²) in [4.78, 5) is 8.41. The highest BCUT2D eigenvalue weighted by atomic mass is 19.1. The van der Waals surface area contributed by atoms with Gasteiger partial charge in [-0.15, -0.1) is 5.10 Å². The molecule has 1 fully saturated rings. The Morgan fingerprint density at radius 2 is 1.89 bits per heavy atom. The highest BCUT2D eigenvalue weighted by Crippen LogP contribution is 2.27. The van der Waals surface area contributed by atoms with Gasteiger partial charge in [0.1, 0.15) is 23.8 Å². The number of nitrogens with one attached hydrogen (secondary N) is 2. The molecule has 0 bridgehead atoms. The molecule has 1 aliphatic rings. The minimum atomic E-state index is -0.954. The van der Waals surface area contributed by atoms with Crippen LogP contribution in [0.4, 0.5) is 26.2 Å². The van der Waals surface area contributed by atoms with Crippen molar-refractivity contribution in [3.05, 3.63) is 41.2 Å². The zero-order valence-electron chi connectivity index (χ0n) is 15.2. The molecule has 0 unspecified atom stereocenters. The van der Waals surface area contributed by atoms with E-state index < -0.39 is 11.6 Å². The van der Waals surface area contributed by atoms with Crippen LogP contribution < -0.4 is 10.6 Å².